The monoisotopic (exact) mass is 811 g/mol. The minimum atomic E-state index is -4.65. The Morgan fingerprint density at radius 1 is 0.607 bits per heavy atom. The fraction of sp³-hybridized carbons (Fsp3) is 0.682. The van der Waals surface area contributed by atoms with Crippen molar-refractivity contribution in [2.75, 3.05) is 26.4 Å². The summed E-state index contributed by atoms with van der Waals surface area (Å²) >= 11 is 0. The second-order valence-corrected chi connectivity index (χ2v) is 15.3. The number of esters is 2. The number of unbranched alkanes of at least 4 members (excludes halogenated alkanes) is 12. The van der Waals surface area contributed by atoms with Crippen molar-refractivity contribution in [3.8, 4) is 0 Å². The van der Waals surface area contributed by atoms with Crippen LogP contribution in [0.2, 0.25) is 0 Å². The second-order valence-electron chi connectivity index (χ2n) is 13.9. The first kappa shape index (κ1) is 53.4. The van der Waals surface area contributed by atoms with E-state index in [0.717, 1.165) is 77.0 Å². The molecule has 0 bridgehead atoms. The van der Waals surface area contributed by atoms with Crippen molar-refractivity contribution in [2.24, 2.45) is 0 Å². The molecule has 0 aromatic carbocycles. The van der Waals surface area contributed by atoms with Crippen molar-refractivity contribution >= 4 is 19.8 Å². The van der Waals surface area contributed by atoms with Crippen molar-refractivity contribution in [2.45, 2.75) is 167 Å². The second kappa shape index (κ2) is 39.2. The normalized spacial score (nSPS) is 15.2. The molecule has 0 rings (SSSR count). The molecule has 4 N–H and O–H groups in total. The van der Waals surface area contributed by atoms with Gasteiger partial charge in [0.05, 0.1) is 25.9 Å². The molecule has 4 atom stereocenters. The number of hydrogen-bond donors (Lipinski definition) is 4. The van der Waals surface area contributed by atoms with E-state index in [1.165, 1.54) is 25.7 Å². The summed E-state index contributed by atoms with van der Waals surface area (Å²) in [4.78, 5) is 34.9. The summed E-state index contributed by atoms with van der Waals surface area (Å²) in [7, 11) is -4.65. The zero-order chi connectivity index (χ0) is 41.4. The van der Waals surface area contributed by atoms with Crippen molar-refractivity contribution in [1.29, 1.82) is 0 Å². The zero-order valence-corrected chi connectivity index (χ0v) is 35.3. The van der Waals surface area contributed by atoms with Crippen LogP contribution in [-0.2, 0) is 32.7 Å². The smallest absolute Gasteiger partial charge is 0.462 e. The summed E-state index contributed by atoms with van der Waals surface area (Å²) in [6.45, 7) is 2.12. The lowest BCUT2D eigenvalue weighted by molar-refractivity contribution is -0.161. The number of hydrogen-bond acceptors (Lipinski definition) is 10. The number of aliphatic hydroxyl groups is 3. The number of carbonyl (C=O) groups excluding carboxylic acids is 2. The van der Waals surface area contributed by atoms with E-state index in [-0.39, 0.29) is 25.6 Å². The summed E-state index contributed by atoms with van der Waals surface area (Å²) in [5, 5.41) is 28.2. The average molecular weight is 811 g/mol. The molecule has 0 fully saturated rings. The lowest BCUT2D eigenvalue weighted by Crippen LogP contribution is -2.29. The van der Waals surface area contributed by atoms with Crippen molar-refractivity contribution in [3.63, 3.8) is 0 Å². The van der Waals surface area contributed by atoms with Crippen LogP contribution in [0.3, 0.4) is 0 Å². The van der Waals surface area contributed by atoms with Gasteiger partial charge in [-0.15, -0.1) is 0 Å². The lowest BCUT2D eigenvalue weighted by Gasteiger charge is -2.20. The maximum atomic E-state index is 12.6. The van der Waals surface area contributed by atoms with Crippen LogP contribution in [0.15, 0.2) is 72.9 Å². The Labute approximate surface area is 338 Å². The predicted octanol–water partition coefficient (Wildman–Crippen LogP) is 9.86. The van der Waals surface area contributed by atoms with Crippen LogP contribution in [0.4, 0.5) is 0 Å². The number of rotatable bonds is 38. The number of ether oxygens (including phenoxy) is 2. The van der Waals surface area contributed by atoms with E-state index in [4.69, 9.17) is 19.1 Å². The Balaban J connectivity index is 4.50. The van der Waals surface area contributed by atoms with Gasteiger partial charge in [0.25, 0.3) is 0 Å². The van der Waals surface area contributed by atoms with E-state index in [2.05, 4.69) is 54.8 Å². The molecule has 0 spiro atoms. The summed E-state index contributed by atoms with van der Waals surface area (Å²) in [5.41, 5.74) is 0. The van der Waals surface area contributed by atoms with E-state index >= 15 is 0 Å². The molecular formula is C44H75O11P. The van der Waals surface area contributed by atoms with Gasteiger partial charge in [-0.3, -0.25) is 18.6 Å². The number of phosphoric ester groups is 1. The number of aliphatic hydroxyl groups excluding tert-OH is 3. The van der Waals surface area contributed by atoms with Crippen molar-refractivity contribution in [1.82, 2.24) is 0 Å². The summed E-state index contributed by atoms with van der Waals surface area (Å²) in [5.74, 6) is -1.04. The Bertz CT molecular complexity index is 1180. The minimum Gasteiger partial charge on any atom is -0.462 e. The van der Waals surface area contributed by atoms with Gasteiger partial charge in [0.15, 0.2) is 6.10 Å². The fourth-order valence-electron chi connectivity index (χ4n) is 5.14. The molecule has 0 amide bonds. The molecule has 1 unspecified atom stereocenters. The van der Waals surface area contributed by atoms with Gasteiger partial charge in [-0.05, 0) is 64.2 Å². The van der Waals surface area contributed by atoms with E-state index in [9.17, 15) is 29.3 Å². The third kappa shape index (κ3) is 38.3. The highest BCUT2D eigenvalue weighted by molar-refractivity contribution is 7.47. The highest BCUT2D eigenvalue weighted by atomic mass is 31.2. The maximum absolute atomic E-state index is 12.6. The molecule has 0 heterocycles. The van der Waals surface area contributed by atoms with Crippen LogP contribution in [0.25, 0.3) is 0 Å². The Morgan fingerprint density at radius 3 is 1.86 bits per heavy atom. The Hall–Kier alpha value is -2.63. The van der Waals surface area contributed by atoms with Crippen LogP contribution in [0.5, 0.6) is 0 Å². The minimum absolute atomic E-state index is 0.138. The molecular weight excluding hydrogens is 735 g/mol. The fourth-order valence-corrected chi connectivity index (χ4v) is 5.93. The van der Waals surface area contributed by atoms with Crippen molar-refractivity contribution in [3.05, 3.63) is 72.9 Å². The van der Waals surface area contributed by atoms with E-state index in [0.29, 0.717) is 19.3 Å². The van der Waals surface area contributed by atoms with E-state index in [1.807, 2.05) is 36.5 Å². The number of carbonyl (C=O) groups is 2. The standard InChI is InChI=1S/C44H75O11P/c1-3-5-7-8-9-10-11-12-13-14-17-21-24-27-31-35-44(49)55-42(39-54-56(50,51)53-37-41(47)36-45)38-52-43(48)34-30-26-23-20-18-15-16-19-22-25-29-33-40(46)32-28-6-4-2/h10-13,15-16,20,22-23,25,29,33,40-42,45-47H,3-9,14,17-19,21,24,26-28,30-32,34-39H2,1-2H3,(H,50,51)/b11-10-,13-12-,16-15-,23-20-,25-22-,33-29+/t40-,41+,42-/m1/s1. The summed E-state index contributed by atoms with van der Waals surface area (Å²) in [6.07, 6.45) is 40.5. The lowest BCUT2D eigenvalue weighted by atomic mass is 10.1. The average Bonchev–Trinajstić information content (AvgIpc) is 3.18. The van der Waals surface area contributed by atoms with Crippen molar-refractivity contribution < 1.29 is 52.9 Å². The van der Waals surface area contributed by atoms with Gasteiger partial charge in [-0.1, -0.05) is 145 Å². The molecule has 0 saturated heterocycles. The van der Waals surface area contributed by atoms with Gasteiger partial charge >= 0.3 is 19.8 Å². The Kier molecular flexibility index (Phi) is 37.4. The molecule has 0 aliphatic rings. The van der Waals surface area contributed by atoms with Gasteiger partial charge in [0.1, 0.15) is 12.7 Å². The first-order valence-electron chi connectivity index (χ1n) is 21.0. The third-order valence-electron chi connectivity index (χ3n) is 8.47. The largest absolute Gasteiger partial charge is 0.472 e. The van der Waals surface area contributed by atoms with Crippen LogP contribution >= 0.6 is 7.82 Å². The van der Waals surface area contributed by atoms with E-state index < -0.39 is 51.8 Å². The SMILES string of the molecule is CCCCCC/C=C\C=C/CCCCCCCC(=O)O[C@H](COC(=O)CCC/C=C\C/C=C\C/C=C\C=C\[C@H](O)CCCCC)COP(=O)(O)OC[C@@H](O)CO. The molecule has 12 heteroatoms. The van der Waals surface area contributed by atoms with Crippen LogP contribution in [0, 0.1) is 0 Å². The molecule has 322 valence electrons. The van der Waals surface area contributed by atoms with Gasteiger partial charge < -0.3 is 29.7 Å². The predicted molar refractivity (Wildman–Crippen MR) is 225 cm³/mol. The third-order valence-corrected chi connectivity index (χ3v) is 9.42. The first-order chi connectivity index (χ1) is 27.1. The quantitative estimate of drug-likeness (QED) is 0.0154. The topological polar surface area (TPSA) is 169 Å². The van der Waals surface area contributed by atoms with Gasteiger partial charge in [-0.25, -0.2) is 4.57 Å². The Morgan fingerprint density at radius 2 is 1.16 bits per heavy atom. The number of phosphoric acid groups is 1. The molecule has 0 aliphatic carbocycles. The van der Waals surface area contributed by atoms with Gasteiger partial charge in [-0.2, -0.15) is 0 Å². The zero-order valence-electron chi connectivity index (χ0n) is 34.4. The van der Waals surface area contributed by atoms with Gasteiger partial charge in [0, 0.05) is 12.8 Å². The molecule has 0 saturated carbocycles. The summed E-state index contributed by atoms with van der Waals surface area (Å²) < 4.78 is 32.6. The number of allylic oxidation sites excluding steroid dienone is 11. The molecule has 0 aromatic heterocycles. The molecule has 0 aliphatic heterocycles. The molecule has 0 aromatic rings. The van der Waals surface area contributed by atoms with Gasteiger partial charge in [0.2, 0.25) is 0 Å². The highest BCUT2D eigenvalue weighted by Crippen LogP contribution is 2.43. The highest BCUT2D eigenvalue weighted by Gasteiger charge is 2.27. The molecule has 56 heavy (non-hydrogen) atoms. The van der Waals surface area contributed by atoms with Crippen LogP contribution < -0.4 is 0 Å². The van der Waals surface area contributed by atoms with Crippen LogP contribution in [0.1, 0.15) is 149 Å². The van der Waals surface area contributed by atoms with E-state index in [1.54, 1.807) is 0 Å². The first-order valence-corrected chi connectivity index (χ1v) is 22.5. The maximum Gasteiger partial charge on any atom is 0.472 e. The molecule has 11 nitrogen and oxygen atoms in total. The molecule has 0 radical (unpaired) electrons. The summed E-state index contributed by atoms with van der Waals surface area (Å²) in [6, 6.07) is 0. The van der Waals surface area contributed by atoms with Crippen LogP contribution in [-0.4, -0.2) is 76.9 Å².